The molecule has 134 valence electrons. The summed E-state index contributed by atoms with van der Waals surface area (Å²) in [7, 11) is 1.31. The lowest BCUT2D eigenvalue weighted by Gasteiger charge is -2.20. The van der Waals surface area contributed by atoms with E-state index in [1.165, 1.54) is 7.11 Å². The summed E-state index contributed by atoms with van der Waals surface area (Å²) in [5.74, 6) is -0.583. The summed E-state index contributed by atoms with van der Waals surface area (Å²) >= 11 is 0. The van der Waals surface area contributed by atoms with Crippen molar-refractivity contribution in [1.82, 2.24) is 5.32 Å². The first-order chi connectivity index (χ1) is 12.6. The SMILES string of the molecule is COC(=O)C[C@H](NC(=O)c1ccc2c(c1)OCC(=O)N2)c1ccccc1. The van der Waals surface area contributed by atoms with Gasteiger partial charge in [0.05, 0.1) is 25.3 Å². The Morgan fingerprint density at radius 1 is 1.23 bits per heavy atom. The van der Waals surface area contributed by atoms with Crippen LogP contribution in [-0.4, -0.2) is 31.5 Å². The highest BCUT2D eigenvalue weighted by Crippen LogP contribution is 2.29. The second kappa shape index (κ2) is 7.69. The van der Waals surface area contributed by atoms with Crippen LogP contribution < -0.4 is 15.4 Å². The second-order valence-corrected chi connectivity index (χ2v) is 5.76. The van der Waals surface area contributed by atoms with E-state index in [0.29, 0.717) is 17.0 Å². The van der Waals surface area contributed by atoms with Crippen molar-refractivity contribution in [1.29, 1.82) is 0 Å². The van der Waals surface area contributed by atoms with E-state index >= 15 is 0 Å². The number of rotatable bonds is 5. The first-order valence-electron chi connectivity index (χ1n) is 8.06. The van der Waals surface area contributed by atoms with Crippen LogP contribution in [0.4, 0.5) is 5.69 Å². The Labute approximate surface area is 150 Å². The topological polar surface area (TPSA) is 93.7 Å². The molecule has 2 amide bonds. The quantitative estimate of drug-likeness (QED) is 0.802. The molecule has 2 N–H and O–H groups in total. The Morgan fingerprint density at radius 3 is 2.73 bits per heavy atom. The monoisotopic (exact) mass is 354 g/mol. The van der Waals surface area contributed by atoms with Gasteiger partial charge in [0.2, 0.25) is 0 Å². The van der Waals surface area contributed by atoms with Crippen LogP contribution >= 0.6 is 0 Å². The van der Waals surface area contributed by atoms with Crippen LogP contribution in [0.5, 0.6) is 5.75 Å². The number of nitrogens with one attached hydrogen (secondary N) is 2. The largest absolute Gasteiger partial charge is 0.482 e. The van der Waals surface area contributed by atoms with Gasteiger partial charge in [-0.05, 0) is 23.8 Å². The molecule has 2 aromatic carbocycles. The minimum atomic E-state index is -0.521. The third-order valence-corrected chi connectivity index (χ3v) is 3.98. The van der Waals surface area contributed by atoms with Gasteiger partial charge in [-0.3, -0.25) is 14.4 Å². The highest BCUT2D eigenvalue weighted by molar-refractivity contribution is 5.99. The Hall–Kier alpha value is -3.35. The molecule has 3 rings (SSSR count). The molecule has 0 fully saturated rings. The van der Waals surface area contributed by atoms with Crippen LogP contribution in [0.25, 0.3) is 0 Å². The fourth-order valence-corrected chi connectivity index (χ4v) is 2.64. The number of fused-ring (bicyclic) bond motifs is 1. The molecule has 7 nitrogen and oxygen atoms in total. The molecule has 0 aliphatic carbocycles. The summed E-state index contributed by atoms with van der Waals surface area (Å²) < 4.78 is 10.1. The first kappa shape index (κ1) is 17.5. The van der Waals surface area contributed by atoms with Gasteiger partial charge in [0.1, 0.15) is 5.75 Å². The third kappa shape index (κ3) is 4.00. The van der Waals surface area contributed by atoms with Crippen LogP contribution in [0.15, 0.2) is 48.5 Å². The van der Waals surface area contributed by atoms with Crippen molar-refractivity contribution in [3.8, 4) is 5.75 Å². The number of carbonyl (C=O) groups is 3. The average molecular weight is 354 g/mol. The van der Waals surface area contributed by atoms with Crippen molar-refractivity contribution in [2.24, 2.45) is 0 Å². The van der Waals surface area contributed by atoms with Crippen molar-refractivity contribution in [3.05, 3.63) is 59.7 Å². The van der Waals surface area contributed by atoms with Crippen LogP contribution in [0.2, 0.25) is 0 Å². The van der Waals surface area contributed by atoms with Crippen molar-refractivity contribution < 1.29 is 23.9 Å². The Balaban J connectivity index is 1.79. The van der Waals surface area contributed by atoms with Gasteiger partial charge in [-0.1, -0.05) is 30.3 Å². The third-order valence-electron chi connectivity index (χ3n) is 3.98. The normalized spacial score (nSPS) is 13.7. The summed E-state index contributed by atoms with van der Waals surface area (Å²) in [6.07, 6.45) is 0.0176. The lowest BCUT2D eigenvalue weighted by atomic mass is 10.0. The lowest BCUT2D eigenvalue weighted by Crippen LogP contribution is -2.31. The number of ether oxygens (including phenoxy) is 2. The molecule has 1 aliphatic heterocycles. The maximum Gasteiger partial charge on any atom is 0.307 e. The molecule has 1 heterocycles. The van der Waals surface area contributed by atoms with Crippen LogP contribution in [0, 0.1) is 0 Å². The van der Waals surface area contributed by atoms with Crippen molar-refractivity contribution >= 4 is 23.5 Å². The van der Waals surface area contributed by atoms with Gasteiger partial charge in [-0.15, -0.1) is 0 Å². The lowest BCUT2D eigenvalue weighted by molar-refractivity contribution is -0.141. The standard InChI is InChI=1S/C19H18N2O5/c1-25-18(23)10-15(12-5-3-2-4-6-12)21-19(24)13-7-8-14-16(9-13)26-11-17(22)20-14/h2-9,15H,10-11H2,1H3,(H,20,22)(H,21,24)/t15-/m0/s1. The second-order valence-electron chi connectivity index (χ2n) is 5.76. The summed E-state index contributed by atoms with van der Waals surface area (Å²) in [6.45, 7) is -0.0902. The maximum atomic E-state index is 12.6. The number of carbonyl (C=O) groups excluding carboxylic acids is 3. The number of anilines is 1. The molecule has 1 aliphatic rings. The van der Waals surface area contributed by atoms with E-state index < -0.39 is 12.0 Å². The number of hydrogen-bond acceptors (Lipinski definition) is 5. The molecule has 0 saturated heterocycles. The van der Waals surface area contributed by atoms with E-state index in [9.17, 15) is 14.4 Å². The molecule has 0 bridgehead atoms. The molecule has 0 spiro atoms. The highest BCUT2D eigenvalue weighted by atomic mass is 16.5. The van der Waals surface area contributed by atoms with E-state index in [2.05, 4.69) is 10.6 Å². The zero-order valence-electron chi connectivity index (χ0n) is 14.2. The molecule has 0 aromatic heterocycles. The zero-order chi connectivity index (χ0) is 18.5. The van der Waals surface area contributed by atoms with E-state index in [4.69, 9.17) is 9.47 Å². The Kier molecular flexibility index (Phi) is 5.17. The van der Waals surface area contributed by atoms with Crippen molar-refractivity contribution in [3.63, 3.8) is 0 Å². The van der Waals surface area contributed by atoms with Crippen molar-refractivity contribution in [2.75, 3.05) is 19.0 Å². The molecule has 0 radical (unpaired) electrons. The Bertz CT molecular complexity index is 835. The molecular formula is C19H18N2O5. The number of methoxy groups -OCH3 is 1. The van der Waals surface area contributed by atoms with Crippen LogP contribution in [0.3, 0.4) is 0 Å². The molecule has 1 atom stereocenters. The van der Waals surface area contributed by atoms with Gasteiger partial charge in [-0.2, -0.15) is 0 Å². The fraction of sp³-hybridized carbons (Fsp3) is 0.211. The van der Waals surface area contributed by atoms with E-state index in [-0.39, 0.29) is 24.8 Å². The summed E-state index contributed by atoms with van der Waals surface area (Å²) in [6, 6.07) is 13.4. The summed E-state index contributed by atoms with van der Waals surface area (Å²) in [5, 5.41) is 5.52. The summed E-state index contributed by atoms with van der Waals surface area (Å²) in [5.41, 5.74) is 1.69. The molecule has 7 heteroatoms. The maximum absolute atomic E-state index is 12.6. The molecule has 0 saturated carbocycles. The van der Waals surface area contributed by atoms with Gasteiger partial charge >= 0.3 is 5.97 Å². The van der Waals surface area contributed by atoms with Gasteiger partial charge in [0.15, 0.2) is 6.61 Å². The number of benzene rings is 2. The minimum Gasteiger partial charge on any atom is -0.482 e. The predicted octanol–water partition coefficient (Wildman–Crippen LogP) is 2.05. The molecule has 0 unspecified atom stereocenters. The smallest absolute Gasteiger partial charge is 0.307 e. The average Bonchev–Trinajstić information content (AvgIpc) is 2.67. The minimum absolute atomic E-state index is 0.0176. The van der Waals surface area contributed by atoms with Crippen LogP contribution in [0.1, 0.15) is 28.4 Å². The number of hydrogen-bond donors (Lipinski definition) is 2. The first-order valence-corrected chi connectivity index (χ1v) is 8.06. The van der Waals surface area contributed by atoms with Gasteiger partial charge in [0.25, 0.3) is 11.8 Å². The van der Waals surface area contributed by atoms with E-state index in [0.717, 1.165) is 5.56 Å². The highest BCUT2D eigenvalue weighted by Gasteiger charge is 2.22. The van der Waals surface area contributed by atoms with Gasteiger partial charge in [0, 0.05) is 5.56 Å². The van der Waals surface area contributed by atoms with Gasteiger partial charge in [-0.25, -0.2) is 0 Å². The van der Waals surface area contributed by atoms with E-state index in [1.54, 1.807) is 18.2 Å². The predicted molar refractivity (Wildman–Crippen MR) is 93.8 cm³/mol. The molecular weight excluding hydrogens is 336 g/mol. The Morgan fingerprint density at radius 2 is 2.00 bits per heavy atom. The number of esters is 1. The molecule has 2 aromatic rings. The van der Waals surface area contributed by atoms with Crippen LogP contribution in [-0.2, 0) is 14.3 Å². The summed E-state index contributed by atoms with van der Waals surface area (Å²) in [4.78, 5) is 35.7. The van der Waals surface area contributed by atoms with E-state index in [1.807, 2.05) is 30.3 Å². The van der Waals surface area contributed by atoms with Crippen molar-refractivity contribution in [2.45, 2.75) is 12.5 Å². The zero-order valence-corrected chi connectivity index (χ0v) is 14.2. The molecule has 26 heavy (non-hydrogen) atoms. The van der Waals surface area contributed by atoms with Gasteiger partial charge < -0.3 is 20.1 Å². The fourth-order valence-electron chi connectivity index (χ4n) is 2.64. The number of amides is 2.